The highest BCUT2D eigenvalue weighted by Crippen LogP contribution is 2.26. The van der Waals surface area contributed by atoms with Crippen molar-refractivity contribution in [2.75, 3.05) is 38.2 Å². The molecule has 0 aliphatic carbocycles. The van der Waals surface area contributed by atoms with E-state index < -0.39 is 0 Å². The molecule has 1 amide bonds. The van der Waals surface area contributed by atoms with Crippen molar-refractivity contribution in [2.24, 2.45) is 0 Å². The molecule has 3 aromatic rings. The van der Waals surface area contributed by atoms with Gasteiger partial charge in [0, 0.05) is 31.2 Å². The number of hydrogen-bond acceptors (Lipinski definition) is 6. The first kappa shape index (κ1) is 18.7. The summed E-state index contributed by atoms with van der Waals surface area (Å²) < 4.78 is 5.31. The summed E-state index contributed by atoms with van der Waals surface area (Å²) in [5.41, 5.74) is 1.36. The van der Waals surface area contributed by atoms with E-state index in [0.29, 0.717) is 42.5 Å². The van der Waals surface area contributed by atoms with E-state index >= 15 is 0 Å². The molecule has 0 spiro atoms. The topological polar surface area (TPSA) is 58.6 Å². The molecule has 0 atom stereocenters. The predicted octanol–water partition coefficient (Wildman–Crippen LogP) is 3.83. The second-order valence-corrected chi connectivity index (χ2v) is 7.76. The van der Waals surface area contributed by atoms with E-state index in [1.54, 1.807) is 36.6 Å². The maximum Gasteiger partial charge on any atom is 0.257 e. The van der Waals surface area contributed by atoms with Crippen LogP contribution in [0.15, 0.2) is 47.8 Å². The molecule has 2 aromatic heterocycles. The standard InChI is InChI=1S/C20H19ClN4O2S/c1-27-17-6-4-14(21)13-15(17)20(26)25-10-8-24(9-11-25)19-7-5-16(22-23-19)18-3-2-12-28-18/h2-7,12-13H,8-11H2,1H3. The van der Waals surface area contributed by atoms with Crippen LogP contribution in [0.5, 0.6) is 5.75 Å². The number of carbonyl (C=O) groups excluding carboxylic acids is 1. The van der Waals surface area contributed by atoms with E-state index in [9.17, 15) is 4.79 Å². The largest absolute Gasteiger partial charge is 0.496 e. The SMILES string of the molecule is COc1ccc(Cl)cc1C(=O)N1CCN(c2ccc(-c3cccs3)nn2)CC1. The molecule has 0 unspecified atom stereocenters. The molecule has 1 aliphatic heterocycles. The number of thiophene rings is 1. The Morgan fingerprint density at radius 1 is 1.11 bits per heavy atom. The molecule has 144 valence electrons. The lowest BCUT2D eigenvalue weighted by Crippen LogP contribution is -2.49. The summed E-state index contributed by atoms with van der Waals surface area (Å²) in [7, 11) is 1.55. The number of halogens is 1. The average molecular weight is 415 g/mol. The molecule has 1 aromatic carbocycles. The quantitative estimate of drug-likeness (QED) is 0.649. The van der Waals surface area contributed by atoms with Crippen LogP contribution in [0.25, 0.3) is 10.6 Å². The van der Waals surface area contributed by atoms with Gasteiger partial charge in [0.2, 0.25) is 0 Å². The van der Waals surface area contributed by atoms with Crippen molar-refractivity contribution in [2.45, 2.75) is 0 Å². The molecule has 3 heterocycles. The highest BCUT2D eigenvalue weighted by molar-refractivity contribution is 7.13. The Balaban J connectivity index is 1.42. The molecule has 0 radical (unpaired) electrons. The average Bonchev–Trinajstić information content (AvgIpc) is 3.28. The summed E-state index contributed by atoms with van der Waals surface area (Å²) in [5, 5.41) is 11.2. The van der Waals surface area contributed by atoms with Gasteiger partial charge in [0.25, 0.3) is 5.91 Å². The molecule has 0 N–H and O–H groups in total. The minimum atomic E-state index is -0.0712. The van der Waals surface area contributed by atoms with E-state index in [0.717, 1.165) is 16.4 Å². The zero-order valence-corrected chi connectivity index (χ0v) is 16.9. The molecule has 1 saturated heterocycles. The normalized spacial score (nSPS) is 14.2. The van der Waals surface area contributed by atoms with Gasteiger partial charge in [-0.25, -0.2) is 0 Å². The minimum absolute atomic E-state index is 0.0712. The van der Waals surface area contributed by atoms with Crippen molar-refractivity contribution in [3.05, 3.63) is 58.4 Å². The molecule has 0 bridgehead atoms. The number of amides is 1. The van der Waals surface area contributed by atoms with Crippen LogP contribution in [-0.4, -0.2) is 54.3 Å². The van der Waals surface area contributed by atoms with E-state index in [4.69, 9.17) is 16.3 Å². The minimum Gasteiger partial charge on any atom is -0.496 e. The maximum atomic E-state index is 12.9. The smallest absolute Gasteiger partial charge is 0.257 e. The Bertz CT molecular complexity index is 955. The Labute approximate surface area is 172 Å². The number of hydrogen-bond donors (Lipinski definition) is 0. The summed E-state index contributed by atoms with van der Waals surface area (Å²) in [6, 6.07) is 13.1. The van der Waals surface area contributed by atoms with Crippen LogP contribution in [0.2, 0.25) is 5.02 Å². The highest BCUT2D eigenvalue weighted by atomic mass is 35.5. The molecular weight excluding hydrogens is 396 g/mol. The summed E-state index contributed by atoms with van der Waals surface area (Å²) in [6.07, 6.45) is 0. The molecular formula is C20H19ClN4O2S. The van der Waals surface area contributed by atoms with Crippen molar-refractivity contribution in [3.8, 4) is 16.3 Å². The number of anilines is 1. The first-order chi connectivity index (χ1) is 13.7. The van der Waals surface area contributed by atoms with Crippen molar-refractivity contribution < 1.29 is 9.53 Å². The van der Waals surface area contributed by atoms with Crippen LogP contribution >= 0.6 is 22.9 Å². The second-order valence-electron chi connectivity index (χ2n) is 6.38. The Kier molecular flexibility index (Phi) is 5.45. The van der Waals surface area contributed by atoms with Crippen LogP contribution in [0.3, 0.4) is 0 Å². The maximum absolute atomic E-state index is 12.9. The Morgan fingerprint density at radius 2 is 1.93 bits per heavy atom. The number of methoxy groups -OCH3 is 1. The number of aromatic nitrogens is 2. The number of carbonyl (C=O) groups is 1. The zero-order chi connectivity index (χ0) is 19.5. The first-order valence-electron chi connectivity index (χ1n) is 8.91. The van der Waals surface area contributed by atoms with Gasteiger partial charge in [-0.15, -0.1) is 21.5 Å². The van der Waals surface area contributed by atoms with E-state index in [1.165, 1.54) is 0 Å². The predicted molar refractivity (Wildman–Crippen MR) is 111 cm³/mol. The Hall–Kier alpha value is -2.64. The molecule has 1 aliphatic rings. The molecule has 4 rings (SSSR count). The monoisotopic (exact) mass is 414 g/mol. The fraction of sp³-hybridized carbons (Fsp3) is 0.250. The first-order valence-corrected chi connectivity index (χ1v) is 10.2. The molecule has 1 fully saturated rings. The van der Waals surface area contributed by atoms with E-state index in [2.05, 4.69) is 15.1 Å². The van der Waals surface area contributed by atoms with Gasteiger partial charge in [-0.2, -0.15) is 0 Å². The van der Waals surface area contributed by atoms with Crippen molar-refractivity contribution >= 4 is 34.7 Å². The van der Waals surface area contributed by atoms with Crippen LogP contribution < -0.4 is 9.64 Å². The summed E-state index contributed by atoms with van der Waals surface area (Å²) >= 11 is 7.70. The van der Waals surface area contributed by atoms with Gasteiger partial charge in [0.1, 0.15) is 11.4 Å². The van der Waals surface area contributed by atoms with Crippen molar-refractivity contribution in [1.29, 1.82) is 0 Å². The molecule has 28 heavy (non-hydrogen) atoms. The second kappa shape index (κ2) is 8.16. The van der Waals surface area contributed by atoms with Gasteiger partial charge in [-0.1, -0.05) is 17.7 Å². The lowest BCUT2D eigenvalue weighted by atomic mass is 10.1. The third-order valence-corrected chi connectivity index (χ3v) is 5.83. The van der Waals surface area contributed by atoms with E-state index in [1.807, 2.05) is 34.5 Å². The molecule has 6 nitrogen and oxygen atoms in total. The van der Waals surface area contributed by atoms with Gasteiger partial charge in [0.05, 0.1) is 17.6 Å². The summed E-state index contributed by atoms with van der Waals surface area (Å²) in [6.45, 7) is 2.59. The van der Waals surface area contributed by atoms with Gasteiger partial charge in [-0.05, 0) is 41.8 Å². The van der Waals surface area contributed by atoms with Crippen LogP contribution in [-0.2, 0) is 0 Å². The highest BCUT2D eigenvalue weighted by Gasteiger charge is 2.25. The zero-order valence-electron chi connectivity index (χ0n) is 15.3. The summed E-state index contributed by atoms with van der Waals surface area (Å²) in [5.74, 6) is 1.29. The molecule has 8 heteroatoms. The van der Waals surface area contributed by atoms with Gasteiger partial charge in [0.15, 0.2) is 5.82 Å². The fourth-order valence-corrected chi connectivity index (χ4v) is 4.07. The van der Waals surface area contributed by atoms with Crippen molar-refractivity contribution in [1.82, 2.24) is 15.1 Å². The number of rotatable bonds is 4. The van der Waals surface area contributed by atoms with Gasteiger partial charge < -0.3 is 14.5 Å². The number of piperazine rings is 1. The van der Waals surface area contributed by atoms with Crippen LogP contribution in [0.1, 0.15) is 10.4 Å². The third kappa shape index (κ3) is 3.81. The fourth-order valence-electron chi connectivity index (χ4n) is 3.21. The summed E-state index contributed by atoms with van der Waals surface area (Å²) in [4.78, 5) is 18.0. The van der Waals surface area contributed by atoms with Crippen molar-refractivity contribution in [3.63, 3.8) is 0 Å². The molecule has 0 saturated carbocycles. The van der Waals surface area contributed by atoms with Gasteiger partial charge >= 0.3 is 0 Å². The lowest BCUT2D eigenvalue weighted by Gasteiger charge is -2.35. The van der Waals surface area contributed by atoms with E-state index in [-0.39, 0.29) is 5.91 Å². The third-order valence-electron chi connectivity index (χ3n) is 4.71. The van der Waals surface area contributed by atoms with Crippen LogP contribution in [0.4, 0.5) is 5.82 Å². The van der Waals surface area contributed by atoms with Crippen LogP contribution in [0, 0.1) is 0 Å². The lowest BCUT2D eigenvalue weighted by molar-refractivity contribution is 0.0743. The van der Waals surface area contributed by atoms with Gasteiger partial charge in [-0.3, -0.25) is 4.79 Å². The number of nitrogens with zero attached hydrogens (tertiary/aromatic N) is 4. The Morgan fingerprint density at radius 3 is 2.57 bits per heavy atom. The number of benzene rings is 1. The number of ether oxygens (including phenoxy) is 1.